The van der Waals surface area contributed by atoms with E-state index in [9.17, 15) is 31.2 Å². The third-order valence-corrected chi connectivity index (χ3v) is 8.30. The Labute approximate surface area is 241 Å². The van der Waals surface area contributed by atoms with Gasteiger partial charge in [-0.25, -0.2) is 8.42 Å². The number of nitrogens with zero attached hydrogens (tertiary/aromatic N) is 7. The van der Waals surface area contributed by atoms with E-state index in [0.717, 1.165) is 12.3 Å². The molecule has 17 heteroatoms. The van der Waals surface area contributed by atoms with E-state index in [0.29, 0.717) is 58.4 Å². The molecule has 1 aromatic carbocycles. The number of amides is 2. The van der Waals surface area contributed by atoms with Gasteiger partial charge in [0.15, 0.2) is 5.82 Å². The Morgan fingerprint density at radius 2 is 1.69 bits per heavy atom. The molecule has 2 aromatic rings. The standard InChI is InChI=1S/C25H33F3N8O5S/c1-33(5-3-4-20(37)34-6-8-36(9-7-34)42(2,39)40)23-30-22(31-24(32-23)35-10-12-41-13-11-35)18-14-17(21(29)38)15-19(16-18)25(26,27)28/h14-16H,3-13H2,1-2H3,(H2,29,38). The summed E-state index contributed by atoms with van der Waals surface area (Å²) < 4.78 is 71.0. The van der Waals surface area contributed by atoms with Crippen molar-refractivity contribution < 1.29 is 35.9 Å². The number of hydrogen-bond acceptors (Lipinski definition) is 10. The summed E-state index contributed by atoms with van der Waals surface area (Å²) in [6, 6.07) is 2.75. The van der Waals surface area contributed by atoms with Gasteiger partial charge in [-0.05, 0) is 24.6 Å². The first kappa shape index (κ1) is 31.4. The third kappa shape index (κ3) is 7.83. The van der Waals surface area contributed by atoms with Gasteiger partial charge in [0.2, 0.25) is 33.7 Å². The average Bonchev–Trinajstić information content (AvgIpc) is 2.96. The number of morpholine rings is 1. The molecule has 2 aliphatic rings. The number of piperazine rings is 1. The van der Waals surface area contributed by atoms with Crippen LogP contribution in [0, 0.1) is 0 Å². The molecule has 42 heavy (non-hydrogen) atoms. The van der Waals surface area contributed by atoms with Crippen molar-refractivity contribution >= 4 is 33.7 Å². The first-order valence-corrected chi connectivity index (χ1v) is 15.1. The van der Waals surface area contributed by atoms with Crippen molar-refractivity contribution in [2.24, 2.45) is 5.73 Å². The molecule has 0 aliphatic carbocycles. The van der Waals surface area contributed by atoms with E-state index in [-0.39, 0.29) is 54.3 Å². The second-order valence-electron chi connectivity index (χ2n) is 10.1. The minimum atomic E-state index is -4.73. The molecule has 2 aliphatic heterocycles. The second-order valence-corrected chi connectivity index (χ2v) is 12.1. The van der Waals surface area contributed by atoms with Gasteiger partial charge < -0.3 is 25.2 Å². The molecule has 2 fully saturated rings. The van der Waals surface area contributed by atoms with Crippen LogP contribution in [-0.2, 0) is 25.7 Å². The number of rotatable bonds is 9. The van der Waals surface area contributed by atoms with Crippen molar-refractivity contribution in [3.05, 3.63) is 29.3 Å². The molecule has 0 saturated carbocycles. The smallest absolute Gasteiger partial charge is 0.378 e. The Morgan fingerprint density at radius 3 is 2.29 bits per heavy atom. The normalized spacial score (nSPS) is 16.9. The molecule has 0 spiro atoms. The maximum Gasteiger partial charge on any atom is 0.416 e. The van der Waals surface area contributed by atoms with Crippen LogP contribution >= 0.6 is 0 Å². The lowest BCUT2D eigenvalue weighted by molar-refractivity contribution is -0.137. The summed E-state index contributed by atoms with van der Waals surface area (Å²) in [4.78, 5) is 43.0. The SMILES string of the molecule is CN(CCCC(=O)N1CCN(S(C)(=O)=O)CC1)c1nc(-c2cc(C(N)=O)cc(C(F)(F)F)c2)nc(N2CCOCC2)n1. The number of hydrogen-bond donors (Lipinski definition) is 1. The van der Waals surface area contributed by atoms with E-state index in [1.165, 1.54) is 10.4 Å². The highest BCUT2D eigenvalue weighted by atomic mass is 32.2. The van der Waals surface area contributed by atoms with Gasteiger partial charge in [0, 0.05) is 70.4 Å². The zero-order chi connectivity index (χ0) is 30.7. The lowest BCUT2D eigenvalue weighted by Crippen LogP contribution is -2.50. The fraction of sp³-hybridized carbons (Fsp3) is 0.560. The molecule has 0 unspecified atom stereocenters. The van der Waals surface area contributed by atoms with E-state index in [4.69, 9.17) is 10.5 Å². The summed E-state index contributed by atoms with van der Waals surface area (Å²) in [7, 11) is -1.61. The maximum atomic E-state index is 13.6. The number of aromatic nitrogens is 3. The fourth-order valence-corrected chi connectivity index (χ4v) is 5.44. The summed E-state index contributed by atoms with van der Waals surface area (Å²) in [6.07, 6.45) is -2.97. The molecule has 0 bridgehead atoms. The molecule has 2 saturated heterocycles. The van der Waals surface area contributed by atoms with Crippen LogP contribution in [0.1, 0.15) is 28.8 Å². The fourth-order valence-electron chi connectivity index (χ4n) is 4.62. The van der Waals surface area contributed by atoms with Crippen molar-refractivity contribution in [1.29, 1.82) is 0 Å². The topological polar surface area (TPSA) is 155 Å². The van der Waals surface area contributed by atoms with Crippen LogP contribution in [0.4, 0.5) is 25.1 Å². The number of benzene rings is 1. The minimum Gasteiger partial charge on any atom is -0.378 e. The Hall–Kier alpha value is -3.57. The van der Waals surface area contributed by atoms with Gasteiger partial charge in [0.05, 0.1) is 25.0 Å². The van der Waals surface area contributed by atoms with Crippen LogP contribution in [0.5, 0.6) is 0 Å². The largest absolute Gasteiger partial charge is 0.416 e. The summed E-state index contributed by atoms with van der Waals surface area (Å²) in [5, 5.41) is 0. The summed E-state index contributed by atoms with van der Waals surface area (Å²) in [5.74, 6) is -0.784. The lowest BCUT2D eigenvalue weighted by atomic mass is 10.0. The summed E-state index contributed by atoms with van der Waals surface area (Å²) in [5.41, 5.74) is 3.86. The molecule has 4 rings (SSSR count). The number of sulfonamides is 1. The predicted molar refractivity (Wildman–Crippen MR) is 147 cm³/mol. The first-order valence-electron chi connectivity index (χ1n) is 13.3. The molecule has 0 atom stereocenters. The van der Waals surface area contributed by atoms with Crippen LogP contribution in [0.15, 0.2) is 18.2 Å². The van der Waals surface area contributed by atoms with Gasteiger partial charge in [0.1, 0.15) is 0 Å². The zero-order valence-corrected chi connectivity index (χ0v) is 24.1. The highest BCUT2D eigenvalue weighted by Gasteiger charge is 2.32. The maximum absolute atomic E-state index is 13.6. The van der Waals surface area contributed by atoms with Crippen LogP contribution in [-0.4, -0.2) is 117 Å². The lowest BCUT2D eigenvalue weighted by Gasteiger charge is -2.33. The molecule has 13 nitrogen and oxygen atoms in total. The highest BCUT2D eigenvalue weighted by molar-refractivity contribution is 7.88. The first-order chi connectivity index (χ1) is 19.7. The van der Waals surface area contributed by atoms with E-state index >= 15 is 0 Å². The van der Waals surface area contributed by atoms with Crippen molar-refractivity contribution in [3.63, 3.8) is 0 Å². The molecule has 2 amide bonds. The van der Waals surface area contributed by atoms with Gasteiger partial charge in [-0.15, -0.1) is 0 Å². The van der Waals surface area contributed by atoms with E-state index in [1.54, 1.807) is 16.8 Å². The van der Waals surface area contributed by atoms with Gasteiger partial charge in [0.25, 0.3) is 0 Å². The van der Waals surface area contributed by atoms with Crippen LogP contribution in [0.3, 0.4) is 0 Å². The molecule has 230 valence electrons. The molecular formula is C25H33F3N8O5S. The molecule has 0 radical (unpaired) electrons. The van der Waals surface area contributed by atoms with Gasteiger partial charge in [-0.2, -0.15) is 32.4 Å². The number of halogens is 3. The van der Waals surface area contributed by atoms with E-state index in [1.807, 2.05) is 4.90 Å². The number of ether oxygens (including phenoxy) is 1. The molecule has 2 N–H and O–H groups in total. The number of anilines is 2. The average molecular weight is 615 g/mol. The van der Waals surface area contributed by atoms with Crippen LogP contribution < -0.4 is 15.5 Å². The monoisotopic (exact) mass is 614 g/mol. The Balaban J connectivity index is 1.53. The van der Waals surface area contributed by atoms with Gasteiger partial charge in [-0.1, -0.05) is 0 Å². The van der Waals surface area contributed by atoms with Crippen LogP contribution in [0.25, 0.3) is 11.4 Å². The Bertz CT molecular complexity index is 1410. The van der Waals surface area contributed by atoms with Crippen LogP contribution in [0.2, 0.25) is 0 Å². The number of carbonyl (C=O) groups excluding carboxylic acids is 2. The number of primary amides is 1. The number of carbonyl (C=O) groups is 2. The van der Waals surface area contributed by atoms with Crippen molar-refractivity contribution in [2.75, 3.05) is 82.1 Å². The minimum absolute atomic E-state index is 0.0476. The van der Waals surface area contributed by atoms with E-state index < -0.39 is 27.7 Å². The molecule has 1 aromatic heterocycles. The summed E-state index contributed by atoms with van der Waals surface area (Å²) >= 11 is 0. The second kappa shape index (κ2) is 12.7. The number of nitrogens with two attached hydrogens (primary N) is 1. The summed E-state index contributed by atoms with van der Waals surface area (Å²) in [6.45, 7) is 3.22. The third-order valence-electron chi connectivity index (χ3n) is 6.99. The van der Waals surface area contributed by atoms with Gasteiger partial charge >= 0.3 is 6.18 Å². The quantitative estimate of drug-likeness (QED) is 0.429. The highest BCUT2D eigenvalue weighted by Crippen LogP contribution is 2.33. The zero-order valence-electron chi connectivity index (χ0n) is 23.3. The molecule has 3 heterocycles. The van der Waals surface area contributed by atoms with Crippen molar-refractivity contribution in [3.8, 4) is 11.4 Å². The van der Waals surface area contributed by atoms with Gasteiger partial charge in [-0.3, -0.25) is 9.59 Å². The number of alkyl halides is 3. The van der Waals surface area contributed by atoms with E-state index in [2.05, 4.69) is 15.0 Å². The van der Waals surface area contributed by atoms with Crippen molar-refractivity contribution in [2.45, 2.75) is 19.0 Å². The Morgan fingerprint density at radius 1 is 1.02 bits per heavy atom. The molecular weight excluding hydrogens is 581 g/mol. The van der Waals surface area contributed by atoms with Crippen molar-refractivity contribution in [1.82, 2.24) is 24.2 Å². The predicted octanol–water partition coefficient (Wildman–Crippen LogP) is 0.813. The Kier molecular flexibility index (Phi) is 9.52.